The second kappa shape index (κ2) is 6.18. The van der Waals surface area contributed by atoms with E-state index in [9.17, 15) is 4.79 Å². The third-order valence-corrected chi connectivity index (χ3v) is 3.89. The molecule has 0 spiro atoms. The first-order chi connectivity index (χ1) is 10.2. The Bertz CT molecular complexity index is 760. The van der Waals surface area contributed by atoms with Crippen molar-refractivity contribution in [3.8, 4) is 0 Å². The van der Waals surface area contributed by atoms with Crippen LogP contribution in [0.3, 0.4) is 0 Å². The lowest BCUT2D eigenvalue weighted by molar-refractivity contribution is 0.0948. The number of nitrogens with one attached hydrogen (secondary N) is 2. The highest BCUT2D eigenvalue weighted by Crippen LogP contribution is 2.15. The quantitative estimate of drug-likeness (QED) is 0.682. The summed E-state index contributed by atoms with van der Waals surface area (Å²) >= 11 is 3.32. The molecule has 4 nitrogen and oxygen atoms in total. The zero-order valence-corrected chi connectivity index (χ0v) is 13.1. The van der Waals surface area contributed by atoms with E-state index in [1.54, 1.807) is 12.3 Å². The number of fused-ring (bicyclic) bond motifs is 1. The van der Waals surface area contributed by atoms with E-state index in [1.807, 2.05) is 12.1 Å². The zero-order valence-electron chi connectivity index (χ0n) is 11.5. The molecule has 0 atom stereocenters. The van der Waals surface area contributed by atoms with Crippen molar-refractivity contribution in [3.63, 3.8) is 0 Å². The normalized spacial score (nSPS) is 10.9. The number of aromatic amines is 1. The standard InChI is InChI=1S/C16H16BrN3O/c17-13-10-14(19-11-13)16(21)18-7-3-8-20-9-6-12-4-1-2-5-15(12)20/h1-2,4-6,9-11,19H,3,7-8H2,(H,18,21). The first-order valence-corrected chi connectivity index (χ1v) is 7.69. The van der Waals surface area contributed by atoms with Gasteiger partial charge in [-0.25, -0.2) is 0 Å². The van der Waals surface area contributed by atoms with Gasteiger partial charge in [0.2, 0.25) is 0 Å². The first kappa shape index (κ1) is 13.9. The van der Waals surface area contributed by atoms with Crippen LogP contribution in [0.1, 0.15) is 16.9 Å². The summed E-state index contributed by atoms with van der Waals surface area (Å²) in [6.07, 6.45) is 4.74. The number of H-pyrrole nitrogens is 1. The molecule has 3 aromatic rings. The number of rotatable bonds is 5. The Kier molecular flexibility index (Phi) is 4.10. The van der Waals surface area contributed by atoms with Crippen LogP contribution in [0.25, 0.3) is 10.9 Å². The maximum Gasteiger partial charge on any atom is 0.267 e. The summed E-state index contributed by atoms with van der Waals surface area (Å²) in [5.41, 5.74) is 1.81. The molecule has 0 unspecified atom stereocenters. The van der Waals surface area contributed by atoms with Crippen molar-refractivity contribution in [2.75, 3.05) is 6.54 Å². The van der Waals surface area contributed by atoms with Gasteiger partial charge in [0.25, 0.3) is 5.91 Å². The van der Waals surface area contributed by atoms with Crippen LogP contribution in [0.15, 0.2) is 53.3 Å². The van der Waals surface area contributed by atoms with Crippen LogP contribution in [0.5, 0.6) is 0 Å². The molecule has 0 aliphatic carbocycles. The predicted octanol–water partition coefficient (Wildman–Crippen LogP) is 3.55. The third-order valence-electron chi connectivity index (χ3n) is 3.43. The molecule has 2 heterocycles. The molecular formula is C16H16BrN3O. The van der Waals surface area contributed by atoms with Crippen molar-refractivity contribution < 1.29 is 4.79 Å². The number of carbonyl (C=O) groups excluding carboxylic acids is 1. The minimum atomic E-state index is -0.0712. The van der Waals surface area contributed by atoms with Crippen LogP contribution in [-0.4, -0.2) is 22.0 Å². The van der Waals surface area contributed by atoms with Crippen LogP contribution in [-0.2, 0) is 6.54 Å². The number of benzene rings is 1. The summed E-state index contributed by atoms with van der Waals surface area (Å²) in [4.78, 5) is 14.8. The molecule has 1 aromatic carbocycles. The molecule has 0 radical (unpaired) electrons. The van der Waals surface area contributed by atoms with E-state index < -0.39 is 0 Å². The van der Waals surface area contributed by atoms with Gasteiger partial charge in [0.05, 0.1) is 0 Å². The number of halogens is 1. The smallest absolute Gasteiger partial charge is 0.267 e. The lowest BCUT2D eigenvalue weighted by Gasteiger charge is -2.06. The number of aromatic nitrogens is 2. The summed E-state index contributed by atoms with van der Waals surface area (Å²) < 4.78 is 3.10. The number of aryl methyl sites for hydroxylation is 1. The van der Waals surface area contributed by atoms with Gasteiger partial charge in [-0.1, -0.05) is 18.2 Å². The molecule has 2 aromatic heterocycles. The van der Waals surface area contributed by atoms with Crippen LogP contribution < -0.4 is 5.32 Å². The second-order valence-electron chi connectivity index (χ2n) is 4.91. The number of nitrogens with zero attached hydrogens (tertiary/aromatic N) is 1. The molecule has 108 valence electrons. The van der Waals surface area contributed by atoms with Gasteiger partial charge in [-0.2, -0.15) is 0 Å². The van der Waals surface area contributed by atoms with Crippen molar-refractivity contribution in [2.24, 2.45) is 0 Å². The molecule has 0 saturated heterocycles. The fourth-order valence-corrected chi connectivity index (χ4v) is 2.72. The van der Waals surface area contributed by atoms with Gasteiger partial charge in [0.15, 0.2) is 0 Å². The molecule has 5 heteroatoms. The Hall–Kier alpha value is -2.01. The molecule has 1 amide bonds. The highest BCUT2D eigenvalue weighted by atomic mass is 79.9. The maximum absolute atomic E-state index is 11.9. The van der Waals surface area contributed by atoms with Gasteiger partial charge in [0.1, 0.15) is 5.69 Å². The Balaban J connectivity index is 1.51. The van der Waals surface area contributed by atoms with Gasteiger partial charge in [0, 0.05) is 35.5 Å². The molecule has 21 heavy (non-hydrogen) atoms. The number of hydrogen-bond donors (Lipinski definition) is 2. The van der Waals surface area contributed by atoms with E-state index >= 15 is 0 Å². The van der Waals surface area contributed by atoms with E-state index in [0.29, 0.717) is 12.2 Å². The molecule has 0 aliphatic heterocycles. The van der Waals surface area contributed by atoms with Crippen LogP contribution >= 0.6 is 15.9 Å². The molecule has 3 rings (SSSR count). The van der Waals surface area contributed by atoms with Gasteiger partial charge in [-0.3, -0.25) is 4.79 Å². The second-order valence-corrected chi connectivity index (χ2v) is 5.82. The van der Waals surface area contributed by atoms with E-state index in [1.165, 1.54) is 10.9 Å². The third kappa shape index (κ3) is 3.19. The number of hydrogen-bond acceptors (Lipinski definition) is 1. The fraction of sp³-hybridized carbons (Fsp3) is 0.188. The van der Waals surface area contributed by atoms with E-state index in [-0.39, 0.29) is 5.91 Å². The average Bonchev–Trinajstić information content (AvgIpc) is 3.10. The lowest BCUT2D eigenvalue weighted by Crippen LogP contribution is -2.25. The van der Waals surface area contributed by atoms with E-state index in [0.717, 1.165) is 17.4 Å². The maximum atomic E-state index is 11.9. The van der Waals surface area contributed by atoms with Crippen molar-refractivity contribution in [3.05, 3.63) is 59.0 Å². The summed E-state index contributed by atoms with van der Waals surface area (Å²) in [7, 11) is 0. The highest BCUT2D eigenvalue weighted by Gasteiger charge is 2.06. The number of carbonyl (C=O) groups is 1. The van der Waals surface area contributed by atoms with Gasteiger partial charge >= 0.3 is 0 Å². The number of para-hydroxylation sites is 1. The minimum Gasteiger partial charge on any atom is -0.356 e. The van der Waals surface area contributed by atoms with Crippen molar-refractivity contribution in [2.45, 2.75) is 13.0 Å². The Morgan fingerprint density at radius 1 is 1.29 bits per heavy atom. The zero-order chi connectivity index (χ0) is 14.7. The molecule has 0 saturated carbocycles. The largest absolute Gasteiger partial charge is 0.356 e. The highest BCUT2D eigenvalue weighted by molar-refractivity contribution is 9.10. The van der Waals surface area contributed by atoms with Crippen LogP contribution in [0, 0.1) is 0 Å². The molecule has 0 bridgehead atoms. The molecule has 2 N–H and O–H groups in total. The average molecular weight is 346 g/mol. The molecular weight excluding hydrogens is 330 g/mol. The summed E-state index contributed by atoms with van der Waals surface area (Å²) in [5, 5.41) is 4.17. The van der Waals surface area contributed by atoms with Gasteiger partial charge in [-0.15, -0.1) is 0 Å². The topological polar surface area (TPSA) is 49.8 Å². The summed E-state index contributed by atoms with van der Waals surface area (Å²) in [5.74, 6) is -0.0712. The Morgan fingerprint density at radius 3 is 2.95 bits per heavy atom. The molecule has 0 aliphatic rings. The van der Waals surface area contributed by atoms with E-state index in [2.05, 4.69) is 55.2 Å². The van der Waals surface area contributed by atoms with Crippen LogP contribution in [0.4, 0.5) is 0 Å². The first-order valence-electron chi connectivity index (χ1n) is 6.90. The molecule has 0 fully saturated rings. The predicted molar refractivity (Wildman–Crippen MR) is 87.4 cm³/mol. The fourth-order valence-electron chi connectivity index (χ4n) is 2.38. The minimum absolute atomic E-state index is 0.0712. The van der Waals surface area contributed by atoms with Gasteiger partial charge in [-0.05, 0) is 45.9 Å². The van der Waals surface area contributed by atoms with Crippen molar-refractivity contribution >= 4 is 32.7 Å². The van der Waals surface area contributed by atoms with Crippen LogP contribution in [0.2, 0.25) is 0 Å². The van der Waals surface area contributed by atoms with Crippen molar-refractivity contribution in [1.82, 2.24) is 14.9 Å². The monoisotopic (exact) mass is 345 g/mol. The van der Waals surface area contributed by atoms with Crippen molar-refractivity contribution in [1.29, 1.82) is 0 Å². The SMILES string of the molecule is O=C(NCCCn1ccc2ccccc21)c1cc(Br)c[nH]1. The Morgan fingerprint density at radius 2 is 2.14 bits per heavy atom. The van der Waals surface area contributed by atoms with E-state index in [4.69, 9.17) is 0 Å². The van der Waals surface area contributed by atoms with Gasteiger partial charge < -0.3 is 14.9 Å². The Labute approximate surface area is 131 Å². The summed E-state index contributed by atoms with van der Waals surface area (Å²) in [6, 6.07) is 12.2. The lowest BCUT2D eigenvalue weighted by atomic mass is 10.2. The summed E-state index contributed by atoms with van der Waals surface area (Å²) in [6.45, 7) is 1.55. The number of amides is 1.